The van der Waals surface area contributed by atoms with E-state index in [0.29, 0.717) is 27.6 Å². The molecule has 3 aromatic rings. The molecule has 6 nitrogen and oxygen atoms in total. The van der Waals surface area contributed by atoms with Gasteiger partial charge in [-0.05, 0) is 30.3 Å². The predicted octanol–water partition coefficient (Wildman–Crippen LogP) is 3.94. The molecule has 3 amide bonds. The lowest BCUT2D eigenvalue weighted by molar-refractivity contribution is -0.121. The van der Waals surface area contributed by atoms with Crippen molar-refractivity contribution in [2.75, 3.05) is 4.90 Å². The van der Waals surface area contributed by atoms with Gasteiger partial charge < -0.3 is 4.57 Å². The van der Waals surface area contributed by atoms with E-state index in [4.69, 9.17) is 11.6 Å². The number of imide groups is 1. The molecule has 2 heterocycles. The van der Waals surface area contributed by atoms with E-state index in [1.165, 1.54) is 17.4 Å². The maximum absolute atomic E-state index is 12.8. The Morgan fingerprint density at radius 2 is 1.90 bits per heavy atom. The summed E-state index contributed by atoms with van der Waals surface area (Å²) >= 11 is 7.70. The lowest BCUT2D eigenvalue weighted by atomic mass is 10.2. The number of thiazole rings is 1. The number of carbonyl (C=O) groups is 3. The maximum atomic E-state index is 12.8. The number of aromatic nitrogens is 1. The minimum Gasteiger partial charge on any atom is -0.311 e. The van der Waals surface area contributed by atoms with Crippen LogP contribution in [0.2, 0.25) is 5.02 Å². The van der Waals surface area contributed by atoms with Crippen molar-refractivity contribution in [2.24, 2.45) is 4.99 Å². The van der Waals surface area contributed by atoms with Gasteiger partial charge in [-0.1, -0.05) is 41.1 Å². The van der Waals surface area contributed by atoms with Crippen LogP contribution in [-0.4, -0.2) is 22.3 Å². The van der Waals surface area contributed by atoms with Crippen LogP contribution in [0, 0.1) is 0 Å². The average molecular weight is 426 g/mol. The molecule has 1 aliphatic rings. The summed E-state index contributed by atoms with van der Waals surface area (Å²) in [7, 11) is 0. The van der Waals surface area contributed by atoms with Crippen LogP contribution in [0.1, 0.15) is 23.2 Å². The van der Waals surface area contributed by atoms with Gasteiger partial charge in [-0.3, -0.25) is 19.3 Å². The maximum Gasteiger partial charge on any atom is 0.279 e. The van der Waals surface area contributed by atoms with Crippen molar-refractivity contribution in [1.29, 1.82) is 0 Å². The zero-order valence-corrected chi connectivity index (χ0v) is 16.9. The second-order valence-electron chi connectivity index (χ2n) is 6.46. The Balaban J connectivity index is 1.77. The molecule has 0 saturated carbocycles. The molecule has 0 atom stereocenters. The zero-order valence-electron chi connectivity index (χ0n) is 15.3. The fourth-order valence-corrected chi connectivity index (χ4v) is 4.66. The fraction of sp³-hybridized carbons (Fsp3) is 0.143. The van der Waals surface area contributed by atoms with Crippen LogP contribution in [0.4, 0.5) is 5.69 Å². The van der Waals surface area contributed by atoms with Crippen molar-refractivity contribution >= 4 is 56.6 Å². The van der Waals surface area contributed by atoms with Gasteiger partial charge in [-0.15, -0.1) is 6.58 Å². The summed E-state index contributed by atoms with van der Waals surface area (Å²) in [4.78, 5) is 42.7. The van der Waals surface area contributed by atoms with Crippen molar-refractivity contribution < 1.29 is 14.4 Å². The van der Waals surface area contributed by atoms with Gasteiger partial charge in [0.05, 0.1) is 20.9 Å². The molecule has 0 radical (unpaired) electrons. The number of halogens is 1. The summed E-state index contributed by atoms with van der Waals surface area (Å²) in [6, 6.07) is 11.9. The molecule has 8 heteroatoms. The van der Waals surface area contributed by atoms with Crippen molar-refractivity contribution in [3.63, 3.8) is 0 Å². The van der Waals surface area contributed by atoms with E-state index >= 15 is 0 Å². The van der Waals surface area contributed by atoms with E-state index in [1.807, 2.05) is 16.7 Å². The molecule has 4 rings (SSSR count). The standard InChI is InChI=1S/C21H16ClN3O3S/c1-2-11-24-19-15(22)7-4-8-16(19)29-21(24)23-20(28)13-5-3-6-14(12-13)25-17(26)9-10-18(25)27/h2-8,12H,1,9-11H2. The molecular formula is C21H16ClN3O3S. The molecule has 1 saturated heterocycles. The van der Waals surface area contributed by atoms with Gasteiger partial charge in [0.1, 0.15) is 0 Å². The Morgan fingerprint density at radius 3 is 2.62 bits per heavy atom. The molecule has 0 aliphatic carbocycles. The first-order valence-electron chi connectivity index (χ1n) is 8.93. The number of amides is 3. The van der Waals surface area contributed by atoms with Crippen molar-refractivity contribution in [3.8, 4) is 0 Å². The number of hydrogen-bond acceptors (Lipinski definition) is 4. The number of nitrogens with zero attached hydrogens (tertiary/aromatic N) is 3. The van der Waals surface area contributed by atoms with Gasteiger partial charge in [0.25, 0.3) is 5.91 Å². The van der Waals surface area contributed by atoms with Crippen LogP contribution in [0.25, 0.3) is 10.2 Å². The quantitative estimate of drug-likeness (QED) is 0.469. The Labute approximate surface area is 175 Å². The molecule has 1 aromatic heterocycles. The molecular weight excluding hydrogens is 410 g/mol. The first-order valence-corrected chi connectivity index (χ1v) is 10.1. The number of allylic oxidation sites excluding steroid dienone is 1. The number of carbonyl (C=O) groups excluding carboxylic acids is 3. The molecule has 0 spiro atoms. The van der Waals surface area contributed by atoms with E-state index in [2.05, 4.69) is 11.6 Å². The van der Waals surface area contributed by atoms with Crippen molar-refractivity contribution in [1.82, 2.24) is 4.57 Å². The highest BCUT2D eigenvalue weighted by Gasteiger charge is 2.30. The molecule has 29 heavy (non-hydrogen) atoms. The van der Waals surface area contributed by atoms with Crippen LogP contribution in [0.3, 0.4) is 0 Å². The number of anilines is 1. The van der Waals surface area contributed by atoms with E-state index in [-0.39, 0.29) is 24.7 Å². The van der Waals surface area contributed by atoms with Crippen LogP contribution >= 0.6 is 22.9 Å². The van der Waals surface area contributed by atoms with Gasteiger partial charge in [0, 0.05) is 24.9 Å². The Morgan fingerprint density at radius 1 is 1.17 bits per heavy atom. The summed E-state index contributed by atoms with van der Waals surface area (Å²) in [5.74, 6) is -0.995. The second kappa shape index (κ2) is 7.77. The monoisotopic (exact) mass is 425 g/mol. The van der Waals surface area contributed by atoms with E-state index in [0.717, 1.165) is 15.1 Å². The topological polar surface area (TPSA) is 71.7 Å². The van der Waals surface area contributed by atoms with Gasteiger partial charge in [-0.2, -0.15) is 4.99 Å². The fourth-order valence-electron chi connectivity index (χ4n) is 3.26. The van der Waals surface area contributed by atoms with Gasteiger partial charge in [0.2, 0.25) is 11.8 Å². The third-order valence-electron chi connectivity index (χ3n) is 4.56. The number of hydrogen-bond donors (Lipinski definition) is 0. The summed E-state index contributed by atoms with van der Waals surface area (Å²) in [6.07, 6.45) is 2.08. The number of para-hydroxylation sites is 1. The number of benzene rings is 2. The minimum atomic E-state index is -0.466. The van der Waals surface area contributed by atoms with Crippen molar-refractivity contribution in [2.45, 2.75) is 19.4 Å². The zero-order chi connectivity index (χ0) is 20.5. The largest absolute Gasteiger partial charge is 0.311 e. The van der Waals surface area contributed by atoms with Crippen LogP contribution < -0.4 is 9.70 Å². The molecule has 0 N–H and O–H groups in total. The third kappa shape index (κ3) is 3.54. The molecule has 0 bridgehead atoms. The van der Waals surface area contributed by atoms with Crippen molar-refractivity contribution in [3.05, 3.63) is 70.5 Å². The Bertz CT molecular complexity index is 1230. The highest BCUT2D eigenvalue weighted by atomic mass is 35.5. The molecule has 2 aromatic carbocycles. The van der Waals surface area contributed by atoms with Crippen LogP contribution in [0.15, 0.2) is 60.1 Å². The molecule has 1 fully saturated rings. The summed E-state index contributed by atoms with van der Waals surface area (Å²) < 4.78 is 2.75. The summed E-state index contributed by atoms with van der Waals surface area (Å²) in [5.41, 5.74) is 1.48. The lowest BCUT2D eigenvalue weighted by Crippen LogP contribution is -2.28. The van der Waals surface area contributed by atoms with Gasteiger partial charge in [-0.25, -0.2) is 0 Å². The van der Waals surface area contributed by atoms with Crippen LogP contribution in [-0.2, 0) is 16.1 Å². The molecule has 146 valence electrons. The van der Waals surface area contributed by atoms with E-state index in [9.17, 15) is 14.4 Å². The first kappa shape index (κ1) is 19.3. The van der Waals surface area contributed by atoms with E-state index in [1.54, 1.807) is 30.3 Å². The normalized spacial score (nSPS) is 14.8. The number of fused-ring (bicyclic) bond motifs is 1. The highest BCUT2D eigenvalue weighted by Crippen LogP contribution is 2.26. The molecule has 0 unspecified atom stereocenters. The SMILES string of the molecule is C=CCn1c(=NC(=O)c2cccc(N3C(=O)CCC3=O)c2)sc2cccc(Cl)c21. The van der Waals surface area contributed by atoms with E-state index < -0.39 is 5.91 Å². The first-order chi connectivity index (χ1) is 14.0. The highest BCUT2D eigenvalue weighted by molar-refractivity contribution is 7.16. The van der Waals surface area contributed by atoms with Crippen LogP contribution in [0.5, 0.6) is 0 Å². The van der Waals surface area contributed by atoms with Gasteiger partial charge in [0.15, 0.2) is 4.80 Å². The number of rotatable bonds is 4. The third-order valence-corrected chi connectivity index (χ3v) is 5.91. The predicted molar refractivity (Wildman–Crippen MR) is 113 cm³/mol. The summed E-state index contributed by atoms with van der Waals surface area (Å²) in [6.45, 7) is 4.22. The smallest absolute Gasteiger partial charge is 0.279 e. The second-order valence-corrected chi connectivity index (χ2v) is 7.88. The minimum absolute atomic E-state index is 0.186. The Hall–Kier alpha value is -3.03. The summed E-state index contributed by atoms with van der Waals surface area (Å²) in [5, 5.41) is 0.572. The lowest BCUT2D eigenvalue weighted by Gasteiger charge is -2.14. The average Bonchev–Trinajstić information content (AvgIpc) is 3.22. The Kier molecular flexibility index (Phi) is 5.17. The van der Waals surface area contributed by atoms with Gasteiger partial charge >= 0.3 is 0 Å². The molecule has 1 aliphatic heterocycles.